The molecule has 3 rings (SSSR count). The van der Waals surface area contributed by atoms with Gasteiger partial charge in [-0.15, -0.1) is 0 Å². The van der Waals surface area contributed by atoms with E-state index in [-0.39, 0.29) is 18.0 Å². The van der Waals surface area contributed by atoms with Gasteiger partial charge in [0.1, 0.15) is 23.0 Å². The van der Waals surface area contributed by atoms with Crippen molar-refractivity contribution in [2.45, 2.75) is 34.1 Å². The Morgan fingerprint density at radius 1 is 1.03 bits per heavy atom. The third-order valence-corrected chi connectivity index (χ3v) is 3.65. The lowest BCUT2D eigenvalue weighted by Gasteiger charge is -1.99. The van der Waals surface area contributed by atoms with Crippen molar-refractivity contribution in [1.29, 1.82) is 0 Å². The Labute approximate surface area is 219 Å². The Kier molecular flexibility index (Phi) is 14.8. The molecule has 0 saturated carbocycles. The first-order valence-electron chi connectivity index (χ1n) is 9.02. The molecule has 0 spiro atoms. The van der Waals surface area contributed by atoms with E-state index in [0.29, 0.717) is 0 Å². The number of aryl methyl sites for hydroxylation is 4. The second-order valence-electron chi connectivity index (χ2n) is 6.62. The molecule has 0 aromatic carbocycles. The summed E-state index contributed by atoms with van der Waals surface area (Å²) >= 11 is 6.95. The number of carbonyl (C=O) groups is 2. The number of nitrogens with zero attached hydrogens (tertiary/aromatic N) is 3. The molecule has 3 heterocycles. The van der Waals surface area contributed by atoms with Crippen molar-refractivity contribution in [3.05, 3.63) is 47.9 Å². The molecule has 9 heteroatoms. The Morgan fingerprint density at radius 3 is 1.90 bits per heavy atom. The predicted molar refractivity (Wildman–Crippen MR) is 152 cm³/mol. The topological polar surface area (TPSA) is 82.9 Å². The highest BCUT2D eigenvalue weighted by Gasteiger charge is 2.02. The van der Waals surface area contributed by atoms with Gasteiger partial charge in [-0.05, 0) is 57.5 Å². The number of hydrogen-bond acceptors (Lipinski definition) is 4. The molecule has 0 aliphatic carbocycles. The predicted octanol–water partition coefficient (Wildman–Crippen LogP) is 5.93. The van der Waals surface area contributed by atoms with Gasteiger partial charge in [0.2, 0.25) is 0 Å². The van der Waals surface area contributed by atoms with Crippen LogP contribution in [0.25, 0.3) is 11.0 Å². The van der Waals surface area contributed by atoms with Crippen molar-refractivity contribution >= 4 is 96.2 Å². The number of aromatic nitrogens is 3. The molecule has 2 N–H and O–H groups in total. The summed E-state index contributed by atoms with van der Waals surface area (Å²) in [7, 11) is 3.93. The number of halogens is 3. The molecule has 30 heavy (non-hydrogen) atoms. The van der Waals surface area contributed by atoms with Gasteiger partial charge in [0.05, 0.1) is 6.42 Å². The molecule has 6 nitrogen and oxygen atoms in total. The van der Waals surface area contributed by atoms with Gasteiger partial charge in [-0.25, -0.2) is 4.98 Å². The minimum absolute atomic E-state index is 0.0625. The summed E-state index contributed by atoms with van der Waals surface area (Å²) < 4.78 is 4.66. The first-order chi connectivity index (χ1) is 13.8. The maximum Gasteiger partial charge on any atom is 0.140 e. The smallest absolute Gasteiger partial charge is 0.140 e. The number of anilines is 1. The van der Waals surface area contributed by atoms with E-state index in [1.54, 1.807) is 0 Å². The summed E-state index contributed by atoms with van der Waals surface area (Å²) in [5, 5.41) is 1.25. The van der Waals surface area contributed by atoms with E-state index in [1.807, 2.05) is 50.1 Å². The Morgan fingerprint density at radius 2 is 1.57 bits per heavy atom. The minimum atomic E-state index is -0.0625. The molecule has 0 bridgehead atoms. The fourth-order valence-corrected chi connectivity index (χ4v) is 2.38. The van der Waals surface area contributed by atoms with Crippen molar-refractivity contribution < 1.29 is 9.59 Å². The van der Waals surface area contributed by atoms with Crippen molar-refractivity contribution in [2.24, 2.45) is 14.1 Å². The summed E-state index contributed by atoms with van der Waals surface area (Å²) in [6.45, 7) is 6.96. The molecular weight excluding hydrogens is 721 g/mol. The van der Waals surface area contributed by atoms with Gasteiger partial charge in [-0.1, -0.05) is 67.8 Å². The number of hydrogen-bond donors (Lipinski definition) is 1. The standard InChI is InChI=1S/C10H12N2.C5H8N2.C5H8O2.CHI3/c1-7-6-8(2)11-10-9(7)4-5-12(10)3;1-7-4-2-3-5(7)6;1-4(6)3-5(2)7;2-1(3)4/h4-6H,1-3H3;2-4H,6H2,1H3;3H2,1-2H3;1H. The summed E-state index contributed by atoms with van der Waals surface area (Å²) in [6.07, 6.45) is 4.04. The SMILES string of the molecule is CC(=O)CC(C)=O.Cc1cc(C)c2ccn(C)c2n1.Cn1cccc1N.IC(I)I. The number of nitrogens with two attached hydrogens (primary N) is 1. The molecule has 0 saturated heterocycles. The van der Waals surface area contributed by atoms with E-state index in [1.165, 1.54) is 24.8 Å². The van der Waals surface area contributed by atoms with E-state index >= 15 is 0 Å². The molecule has 0 aliphatic heterocycles. The van der Waals surface area contributed by atoms with Crippen LogP contribution in [0.1, 0.15) is 31.5 Å². The van der Waals surface area contributed by atoms with Crippen LogP contribution >= 0.6 is 67.8 Å². The number of alkyl halides is 3. The number of Topliss-reactive ketones (excluding diaryl/α,β-unsaturated/α-hetero) is 2. The number of nitrogen functional groups attached to an aromatic ring is 1. The number of fused-ring (bicyclic) bond motifs is 1. The third kappa shape index (κ3) is 12.9. The molecule has 3 aromatic rings. The van der Waals surface area contributed by atoms with Gasteiger partial charge in [0, 0.05) is 37.6 Å². The van der Waals surface area contributed by atoms with Gasteiger partial charge < -0.3 is 14.9 Å². The molecule has 0 atom stereocenters. The van der Waals surface area contributed by atoms with E-state index in [0.717, 1.165) is 17.1 Å². The molecule has 0 aliphatic rings. The minimum Gasteiger partial charge on any atom is -0.385 e. The van der Waals surface area contributed by atoms with Crippen molar-refractivity contribution in [3.8, 4) is 0 Å². The van der Waals surface area contributed by atoms with Crippen LogP contribution in [0.4, 0.5) is 5.82 Å². The highest BCUT2D eigenvalue weighted by molar-refractivity contribution is 14.3. The lowest BCUT2D eigenvalue weighted by Crippen LogP contribution is -1.97. The fourth-order valence-electron chi connectivity index (χ4n) is 2.38. The molecule has 166 valence electrons. The number of carbonyl (C=O) groups excluding carboxylic acids is 2. The van der Waals surface area contributed by atoms with Crippen LogP contribution < -0.4 is 5.73 Å². The number of pyridine rings is 1. The highest BCUT2D eigenvalue weighted by Crippen LogP contribution is 2.17. The van der Waals surface area contributed by atoms with E-state index < -0.39 is 0 Å². The van der Waals surface area contributed by atoms with E-state index in [9.17, 15) is 9.59 Å². The van der Waals surface area contributed by atoms with Crippen molar-refractivity contribution in [2.75, 3.05) is 5.73 Å². The fraction of sp³-hybridized carbons (Fsp3) is 0.381. The zero-order chi connectivity index (χ0) is 23.4. The lowest BCUT2D eigenvalue weighted by atomic mass is 10.2. The Balaban J connectivity index is 0.000000407. The third-order valence-electron chi connectivity index (χ3n) is 3.65. The number of ketones is 2. The number of rotatable bonds is 2. The van der Waals surface area contributed by atoms with Crippen LogP contribution in [0.15, 0.2) is 36.7 Å². The van der Waals surface area contributed by atoms with Gasteiger partial charge in [0.25, 0.3) is 0 Å². The zero-order valence-electron chi connectivity index (χ0n) is 18.1. The monoisotopic (exact) mass is 750 g/mol. The average molecular weight is 750 g/mol. The summed E-state index contributed by atoms with van der Waals surface area (Å²) in [6, 6.07) is 7.99. The molecule has 0 fully saturated rings. The molecule has 0 radical (unpaired) electrons. The zero-order valence-corrected chi connectivity index (χ0v) is 24.6. The summed E-state index contributed by atoms with van der Waals surface area (Å²) in [5.74, 6) is 0.681. The van der Waals surface area contributed by atoms with Gasteiger partial charge >= 0.3 is 0 Å². The second kappa shape index (κ2) is 15.2. The largest absolute Gasteiger partial charge is 0.385 e. The van der Waals surface area contributed by atoms with Crippen LogP contribution in [0.5, 0.6) is 0 Å². The van der Waals surface area contributed by atoms with Crippen LogP contribution in [0.3, 0.4) is 0 Å². The average Bonchev–Trinajstić information content (AvgIpc) is 3.13. The quantitative estimate of drug-likeness (QED) is 0.200. The van der Waals surface area contributed by atoms with Crippen LogP contribution in [0.2, 0.25) is 0 Å². The van der Waals surface area contributed by atoms with Gasteiger partial charge in [0.15, 0.2) is 0 Å². The van der Waals surface area contributed by atoms with Gasteiger partial charge in [-0.2, -0.15) is 0 Å². The first kappa shape index (κ1) is 29.3. The summed E-state index contributed by atoms with van der Waals surface area (Å²) in [5.41, 5.74) is 8.87. The lowest BCUT2D eigenvalue weighted by molar-refractivity contribution is -0.124. The van der Waals surface area contributed by atoms with Crippen LogP contribution in [-0.2, 0) is 23.7 Å². The Hall–Kier alpha value is -0.700. The van der Waals surface area contributed by atoms with E-state index in [4.69, 9.17) is 5.73 Å². The highest BCUT2D eigenvalue weighted by atomic mass is 127. The first-order valence-corrected chi connectivity index (χ1v) is 12.8. The maximum absolute atomic E-state index is 10.0. The molecular formula is C21H29I3N4O2. The van der Waals surface area contributed by atoms with Crippen molar-refractivity contribution in [3.63, 3.8) is 0 Å². The van der Waals surface area contributed by atoms with Crippen LogP contribution in [0, 0.1) is 13.8 Å². The normalized spacial score (nSPS) is 9.67. The van der Waals surface area contributed by atoms with Gasteiger partial charge in [-0.3, -0.25) is 9.59 Å². The van der Waals surface area contributed by atoms with Crippen LogP contribution in [-0.4, -0.2) is 25.6 Å². The maximum atomic E-state index is 10.0. The molecule has 0 amide bonds. The second-order valence-corrected chi connectivity index (χ2v) is 17.5. The molecule has 3 aromatic heterocycles. The Bertz CT molecular complexity index is 918. The summed E-state index contributed by atoms with van der Waals surface area (Å²) in [4.78, 5) is 24.5. The van der Waals surface area contributed by atoms with E-state index in [2.05, 4.69) is 96.4 Å². The van der Waals surface area contributed by atoms with Crippen molar-refractivity contribution in [1.82, 2.24) is 14.1 Å². The molecule has 0 unspecified atom stereocenters.